The van der Waals surface area contributed by atoms with Crippen molar-refractivity contribution in [3.05, 3.63) is 89.4 Å². The van der Waals surface area contributed by atoms with Gasteiger partial charge >= 0.3 is 0 Å². The van der Waals surface area contributed by atoms with Gasteiger partial charge in [-0.3, -0.25) is 0 Å². The predicted octanol–water partition coefficient (Wildman–Crippen LogP) is 5.64. The molecule has 1 heterocycles. The molecule has 0 unspecified atom stereocenters. The van der Waals surface area contributed by atoms with E-state index in [1.54, 1.807) is 12.1 Å². The van der Waals surface area contributed by atoms with Gasteiger partial charge in [-0.15, -0.1) is 0 Å². The highest BCUT2D eigenvalue weighted by Crippen LogP contribution is 2.23. The van der Waals surface area contributed by atoms with E-state index in [0.29, 0.717) is 23.3 Å². The lowest BCUT2D eigenvalue weighted by Gasteiger charge is -2.06. The second kappa shape index (κ2) is 7.42. The van der Waals surface area contributed by atoms with Crippen molar-refractivity contribution in [2.45, 2.75) is 6.61 Å². The molecular formula is C21H15ClN2O2. The Kier molecular flexibility index (Phi) is 4.67. The van der Waals surface area contributed by atoms with E-state index in [1.807, 2.05) is 66.7 Å². The molecular weight excluding hydrogens is 348 g/mol. The Hall–Kier alpha value is -3.11. The van der Waals surface area contributed by atoms with Crippen LogP contribution < -0.4 is 4.74 Å². The molecule has 0 aliphatic carbocycles. The van der Waals surface area contributed by atoms with Gasteiger partial charge in [-0.25, -0.2) is 0 Å². The summed E-state index contributed by atoms with van der Waals surface area (Å²) in [6.07, 6.45) is 0. The van der Waals surface area contributed by atoms with Crippen LogP contribution in [0, 0.1) is 0 Å². The molecule has 128 valence electrons. The standard InChI is InChI=1S/C21H15ClN2O2/c22-18-10-12-19(13-11-18)25-14-15-6-8-17(9-7-15)21-23-20(24-26-21)16-4-2-1-3-5-16/h1-13H,14H2. The fourth-order valence-corrected chi connectivity index (χ4v) is 2.61. The van der Waals surface area contributed by atoms with Crippen LogP contribution in [0.25, 0.3) is 22.8 Å². The SMILES string of the molecule is Clc1ccc(OCc2ccc(-c3nc(-c4ccccc4)no3)cc2)cc1. The number of halogens is 1. The molecule has 4 aromatic rings. The van der Waals surface area contributed by atoms with Gasteiger partial charge in [0, 0.05) is 16.1 Å². The molecule has 4 rings (SSSR count). The minimum Gasteiger partial charge on any atom is -0.489 e. The Bertz CT molecular complexity index is 981. The van der Waals surface area contributed by atoms with E-state index >= 15 is 0 Å². The van der Waals surface area contributed by atoms with Crippen LogP contribution in [0.5, 0.6) is 5.75 Å². The first-order valence-electron chi connectivity index (χ1n) is 8.15. The summed E-state index contributed by atoms with van der Waals surface area (Å²) >= 11 is 5.87. The molecule has 26 heavy (non-hydrogen) atoms. The fourth-order valence-electron chi connectivity index (χ4n) is 2.49. The van der Waals surface area contributed by atoms with Gasteiger partial charge in [0.05, 0.1) is 0 Å². The van der Waals surface area contributed by atoms with Crippen molar-refractivity contribution in [2.75, 3.05) is 0 Å². The molecule has 0 amide bonds. The Balaban J connectivity index is 1.44. The summed E-state index contributed by atoms with van der Waals surface area (Å²) in [7, 11) is 0. The number of nitrogens with zero attached hydrogens (tertiary/aromatic N) is 2. The van der Waals surface area contributed by atoms with Crippen LogP contribution in [0.4, 0.5) is 0 Å². The molecule has 0 saturated heterocycles. The summed E-state index contributed by atoms with van der Waals surface area (Å²) in [6, 6.07) is 24.9. The molecule has 5 heteroatoms. The van der Waals surface area contributed by atoms with Crippen LogP contribution in [-0.2, 0) is 6.61 Å². The molecule has 1 aromatic heterocycles. The number of ether oxygens (including phenoxy) is 1. The predicted molar refractivity (Wildman–Crippen MR) is 101 cm³/mol. The van der Waals surface area contributed by atoms with Crippen molar-refractivity contribution in [1.29, 1.82) is 0 Å². The molecule has 0 fully saturated rings. The van der Waals surface area contributed by atoms with Gasteiger partial charge in [0.15, 0.2) is 0 Å². The van der Waals surface area contributed by atoms with Crippen LogP contribution in [0.2, 0.25) is 5.02 Å². The molecule has 0 N–H and O–H groups in total. The average molecular weight is 363 g/mol. The number of hydrogen-bond donors (Lipinski definition) is 0. The lowest BCUT2D eigenvalue weighted by Crippen LogP contribution is -1.95. The first kappa shape index (κ1) is 16.4. The quantitative estimate of drug-likeness (QED) is 0.461. The first-order valence-corrected chi connectivity index (χ1v) is 8.52. The van der Waals surface area contributed by atoms with Crippen molar-refractivity contribution >= 4 is 11.6 Å². The highest BCUT2D eigenvalue weighted by molar-refractivity contribution is 6.30. The number of aromatic nitrogens is 2. The number of rotatable bonds is 5. The van der Waals surface area contributed by atoms with Crippen LogP contribution >= 0.6 is 11.6 Å². The zero-order valence-corrected chi connectivity index (χ0v) is 14.6. The van der Waals surface area contributed by atoms with Crippen molar-refractivity contribution in [2.24, 2.45) is 0 Å². The van der Waals surface area contributed by atoms with E-state index in [9.17, 15) is 0 Å². The van der Waals surface area contributed by atoms with Crippen LogP contribution in [0.1, 0.15) is 5.56 Å². The highest BCUT2D eigenvalue weighted by Gasteiger charge is 2.10. The van der Waals surface area contributed by atoms with Gasteiger partial charge in [-0.05, 0) is 42.0 Å². The molecule has 0 aliphatic heterocycles. The summed E-state index contributed by atoms with van der Waals surface area (Å²) in [5, 5.41) is 4.74. The maximum absolute atomic E-state index is 5.87. The van der Waals surface area contributed by atoms with E-state index in [2.05, 4.69) is 10.1 Å². The van der Waals surface area contributed by atoms with Crippen LogP contribution in [0.15, 0.2) is 83.4 Å². The third-order valence-corrected chi connectivity index (χ3v) is 4.13. The second-order valence-electron chi connectivity index (χ2n) is 5.73. The van der Waals surface area contributed by atoms with Gasteiger partial charge in [0.2, 0.25) is 5.82 Å². The fraction of sp³-hybridized carbons (Fsp3) is 0.0476. The van der Waals surface area contributed by atoms with Crippen LogP contribution in [-0.4, -0.2) is 10.1 Å². The molecule has 0 radical (unpaired) electrons. The first-order chi connectivity index (χ1) is 12.8. The van der Waals surface area contributed by atoms with Gasteiger partial charge in [0.1, 0.15) is 12.4 Å². The smallest absolute Gasteiger partial charge is 0.258 e. The summed E-state index contributed by atoms with van der Waals surface area (Å²) in [5.74, 6) is 1.85. The van der Waals surface area contributed by atoms with Crippen LogP contribution in [0.3, 0.4) is 0 Å². The Morgan fingerprint density at radius 3 is 2.27 bits per heavy atom. The van der Waals surface area contributed by atoms with Crippen molar-refractivity contribution < 1.29 is 9.26 Å². The zero-order chi connectivity index (χ0) is 17.8. The van der Waals surface area contributed by atoms with E-state index < -0.39 is 0 Å². The lowest BCUT2D eigenvalue weighted by molar-refractivity contribution is 0.306. The molecule has 4 nitrogen and oxygen atoms in total. The molecule has 0 saturated carbocycles. The molecule has 0 bridgehead atoms. The summed E-state index contributed by atoms with van der Waals surface area (Å²) < 4.78 is 11.1. The van der Waals surface area contributed by atoms with E-state index in [-0.39, 0.29) is 0 Å². The lowest BCUT2D eigenvalue weighted by atomic mass is 10.1. The summed E-state index contributed by atoms with van der Waals surface area (Å²) in [4.78, 5) is 4.46. The monoisotopic (exact) mass is 362 g/mol. The zero-order valence-electron chi connectivity index (χ0n) is 13.8. The topological polar surface area (TPSA) is 48.2 Å². The second-order valence-corrected chi connectivity index (χ2v) is 6.17. The molecule has 0 atom stereocenters. The van der Waals surface area contributed by atoms with Crippen molar-refractivity contribution in [1.82, 2.24) is 10.1 Å². The maximum atomic E-state index is 5.87. The molecule has 3 aromatic carbocycles. The maximum Gasteiger partial charge on any atom is 0.258 e. The van der Waals surface area contributed by atoms with Gasteiger partial charge in [0.25, 0.3) is 5.89 Å². The Morgan fingerprint density at radius 2 is 1.54 bits per heavy atom. The molecule has 0 spiro atoms. The van der Waals surface area contributed by atoms with Crippen molar-refractivity contribution in [3.63, 3.8) is 0 Å². The summed E-state index contributed by atoms with van der Waals surface area (Å²) in [6.45, 7) is 0.473. The number of hydrogen-bond acceptors (Lipinski definition) is 4. The van der Waals surface area contributed by atoms with Gasteiger partial charge < -0.3 is 9.26 Å². The number of benzene rings is 3. The van der Waals surface area contributed by atoms with Crippen molar-refractivity contribution in [3.8, 4) is 28.6 Å². The Morgan fingerprint density at radius 1 is 0.808 bits per heavy atom. The average Bonchev–Trinajstić information content (AvgIpc) is 3.19. The normalized spacial score (nSPS) is 10.7. The largest absolute Gasteiger partial charge is 0.489 e. The third-order valence-electron chi connectivity index (χ3n) is 3.88. The Labute approximate surface area is 156 Å². The van der Waals surface area contributed by atoms with E-state index in [1.165, 1.54) is 0 Å². The summed E-state index contributed by atoms with van der Waals surface area (Å²) in [5.41, 5.74) is 2.84. The van der Waals surface area contributed by atoms with Gasteiger partial charge in [-0.1, -0.05) is 59.2 Å². The van der Waals surface area contributed by atoms with E-state index in [0.717, 1.165) is 22.4 Å². The molecule has 0 aliphatic rings. The minimum atomic E-state index is 0.473. The highest BCUT2D eigenvalue weighted by atomic mass is 35.5. The third kappa shape index (κ3) is 3.76. The minimum absolute atomic E-state index is 0.473. The van der Waals surface area contributed by atoms with Gasteiger partial charge in [-0.2, -0.15) is 4.98 Å². The van der Waals surface area contributed by atoms with E-state index in [4.69, 9.17) is 20.9 Å².